The Bertz CT molecular complexity index is 1010. The largest absolute Gasteiger partial charge is 0.477 e. The number of halogens is 1. The van der Waals surface area contributed by atoms with E-state index in [9.17, 15) is 9.18 Å². The number of likely N-dealkylation sites (tertiary alicyclic amines) is 1. The number of aryl methyl sites for hydroxylation is 1. The van der Waals surface area contributed by atoms with Gasteiger partial charge in [-0.05, 0) is 38.3 Å². The molecule has 5 nitrogen and oxygen atoms in total. The van der Waals surface area contributed by atoms with E-state index in [1.807, 2.05) is 42.2 Å². The second-order valence-electron chi connectivity index (χ2n) is 7.65. The zero-order valence-electron chi connectivity index (χ0n) is 17.0. The van der Waals surface area contributed by atoms with Crippen LogP contribution in [0.3, 0.4) is 0 Å². The van der Waals surface area contributed by atoms with E-state index in [4.69, 9.17) is 4.74 Å². The summed E-state index contributed by atoms with van der Waals surface area (Å²) in [6.45, 7) is 5.06. The van der Waals surface area contributed by atoms with Crippen molar-refractivity contribution < 1.29 is 13.9 Å². The highest BCUT2D eigenvalue weighted by molar-refractivity contribution is 7.15. The first-order valence-electron chi connectivity index (χ1n) is 10.1. The monoisotopic (exact) mass is 425 g/mol. The average Bonchev–Trinajstić information content (AvgIpc) is 3.16. The predicted molar refractivity (Wildman–Crippen MR) is 115 cm³/mol. The van der Waals surface area contributed by atoms with Gasteiger partial charge in [0, 0.05) is 24.6 Å². The van der Waals surface area contributed by atoms with E-state index in [1.165, 1.54) is 12.1 Å². The first-order valence-corrected chi connectivity index (χ1v) is 10.9. The lowest BCUT2D eigenvalue weighted by Crippen LogP contribution is -2.47. The van der Waals surface area contributed by atoms with Crippen LogP contribution in [0.5, 0.6) is 5.88 Å². The van der Waals surface area contributed by atoms with Gasteiger partial charge in [0.25, 0.3) is 5.91 Å². The van der Waals surface area contributed by atoms with Crippen molar-refractivity contribution in [1.82, 2.24) is 14.9 Å². The van der Waals surface area contributed by atoms with Crippen molar-refractivity contribution in [1.29, 1.82) is 0 Å². The molecule has 2 unspecified atom stereocenters. The summed E-state index contributed by atoms with van der Waals surface area (Å²) in [6.07, 6.45) is 3.01. The van der Waals surface area contributed by atoms with Crippen LogP contribution in [0, 0.1) is 18.7 Å². The second-order valence-corrected chi connectivity index (χ2v) is 8.86. The molecule has 1 aromatic carbocycles. The number of carbonyl (C=O) groups is 1. The van der Waals surface area contributed by atoms with Gasteiger partial charge in [-0.3, -0.25) is 4.79 Å². The third-order valence-electron chi connectivity index (χ3n) is 5.38. The fraction of sp³-hybridized carbons (Fsp3) is 0.348. The number of nitrogens with zero attached hydrogens (tertiary/aromatic N) is 3. The number of aromatic nitrogens is 2. The van der Waals surface area contributed by atoms with E-state index in [2.05, 4.69) is 16.9 Å². The third kappa shape index (κ3) is 4.51. The summed E-state index contributed by atoms with van der Waals surface area (Å²) >= 11 is 1.55. The van der Waals surface area contributed by atoms with Crippen LogP contribution in [0.25, 0.3) is 10.4 Å². The van der Waals surface area contributed by atoms with Crippen molar-refractivity contribution in [3.8, 4) is 16.3 Å². The van der Waals surface area contributed by atoms with Crippen LogP contribution in [0.1, 0.15) is 35.3 Å². The van der Waals surface area contributed by atoms with Crippen molar-refractivity contribution in [2.24, 2.45) is 5.92 Å². The number of hydrogen-bond acceptors (Lipinski definition) is 5. The van der Waals surface area contributed by atoms with Gasteiger partial charge in [-0.2, -0.15) is 0 Å². The van der Waals surface area contributed by atoms with Crippen LogP contribution in [0.2, 0.25) is 0 Å². The van der Waals surface area contributed by atoms with Gasteiger partial charge in [-0.15, -0.1) is 11.3 Å². The van der Waals surface area contributed by atoms with Gasteiger partial charge >= 0.3 is 0 Å². The first-order chi connectivity index (χ1) is 14.5. The van der Waals surface area contributed by atoms with Crippen molar-refractivity contribution in [3.05, 3.63) is 65.2 Å². The number of hydrogen-bond donors (Lipinski definition) is 0. The van der Waals surface area contributed by atoms with E-state index in [1.54, 1.807) is 11.3 Å². The molecule has 1 aliphatic rings. The summed E-state index contributed by atoms with van der Waals surface area (Å²) < 4.78 is 18.8. The van der Waals surface area contributed by atoms with Crippen molar-refractivity contribution in [2.75, 3.05) is 13.2 Å². The fourth-order valence-corrected chi connectivity index (χ4v) is 4.66. The SMILES string of the molecule is Cc1nc(C(=O)N2CC(COc3ccc(F)cn3)CCC2C)c(-c2ccccc2)s1. The molecule has 2 aromatic heterocycles. The molecule has 1 aliphatic heterocycles. The molecule has 0 N–H and O–H groups in total. The van der Waals surface area contributed by atoms with E-state index in [0.29, 0.717) is 24.7 Å². The number of rotatable bonds is 5. The van der Waals surface area contributed by atoms with E-state index < -0.39 is 5.82 Å². The van der Waals surface area contributed by atoms with Gasteiger partial charge in [0.05, 0.1) is 22.7 Å². The zero-order valence-corrected chi connectivity index (χ0v) is 17.9. The average molecular weight is 426 g/mol. The fourth-order valence-electron chi connectivity index (χ4n) is 3.75. The quantitative estimate of drug-likeness (QED) is 0.579. The molecule has 7 heteroatoms. The summed E-state index contributed by atoms with van der Waals surface area (Å²) in [5.74, 6) is 0.167. The first kappa shape index (κ1) is 20.5. The molecule has 3 heterocycles. The summed E-state index contributed by atoms with van der Waals surface area (Å²) in [5.41, 5.74) is 1.54. The minimum absolute atomic E-state index is 0.0321. The van der Waals surface area contributed by atoms with Crippen molar-refractivity contribution in [2.45, 2.75) is 32.7 Å². The highest BCUT2D eigenvalue weighted by Crippen LogP contribution is 2.33. The number of amides is 1. The number of carbonyl (C=O) groups excluding carboxylic acids is 1. The lowest BCUT2D eigenvalue weighted by atomic mass is 9.93. The zero-order chi connectivity index (χ0) is 21.1. The van der Waals surface area contributed by atoms with Crippen LogP contribution in [0.15, 0.2) is 48.7 Å². The molecule has 0 saturated carbocycles. The maximum absolute atomic E-state index is 13.5. The Kier molecular flexibility index (Phi) is 6.08. The molecule has 1 fully saturated rings. The van der Waals surface area contributed by atoms with Crippen LogP contribution in [-0.2, 0) is 0 Å². The lowest BCUT2D eigenvalue weighted by Gasteiger charge is -2.37. The second kappa shape index (κ2) is 8.92. The topological polar surface area (TPSA) is 55.3 Å². The van der Waals surface area contributed by atoms with Gasteiger partial charge < -0.3 is 9.64 Å². The summed E-state index contributed by atoms with van der Waals surface area (Å²) in [6, 6.07) is 12.9. The van der Waals surface area contributed by atoms with Crippen molar-refractivity contribution in [3.63, 3.8) is 0 Å². The number of piperidine rings is 1. The molecule has 1 saturated heterocycles. The molecule has 4 rings (SSSR count). The Morgan fingerprint density at radius 1 is 1.23 bits per heavy atom. The van der Waals surface area contributed by atoms with Gasteiger partial charge in [-0.25, -0.2) is 14.4 Å². The highest BCUT2D eigenvalue weighted by Gasteiger charge is 2.32. The van der Waals surface area contributed by atoms with Gasteiger partial charge in [0.2, 0.25) is 5.88 Å². The molecule has 0 spiro atoms. The minimum atomic E-state index is -0.390. The van der Waals surface area contributed by atoms with Crippen LogP contribution >= 0.6 is 11.3 Å². The Morgan fingerprint density at radius 2 is 2.03 bits per heavy atom. The molecular weight excluding hydrogens is 401 g/mol. The third-order valence-corrected chi connectivity index (χ3v) is 6.40. The standard InChI is InChI=1S/C23H24FN3O2S/c1-15-8-9-17(14-29-20-11-10-19(24)12-25-20)13-27(15)23(28)21-22(30-16(2)26-21)18-6-4-3-5-7-18/h3-7,10-12,15,17H,8-9,13-14H2,1-2H3. The van der Waals surface area contributed by atoms with Crippen molar-refractivity contribution >= 4 is 17.2 Å². The molecule has 30 heavy (non-hydrogen) atoms. The molecule has 2 atom stereocenters. The highest BCUT2D eigenvalue weighted by atomic mass is 32.1. The number of ether oxygens (including phenoxy) is 1. The molecular formula is C23H24FN3O2S. The van der Waals surface area contributed by atoms with Crippen LogP contribution in [0.4, 0.5) is 4.39 Å². The molecule has 0 bridgehead atoms. The molecule has 156 valence electrons. The molecule has 0 radical (unpaired) electrons. The maximum Gasteiger partial charge on any atom is 0.274 e. The van der Waals surface area contributed by atoms with Gasteiger partial charge in [0.15, 0.2) is 0 Å². The molecule has 3 aromatic rings. The Balaban J connectivity index is 1.49. The maximum atomic E-state index is 13.5. The number of thiazole rings is 1. The van der Waals surface area contributed by atoms with Crippen LogP contribution < -0.4 is 4.74 Å². The van der Waals surface area contributed by atoms with Gasteiger partial charge in [-0.1, -0.05) is 30.3 Å². The number of pyridine rings is 1. The Labute approximate surface area is 179 Å². The Morgan fingerprint density at radius 3 is 2.77 bits per heavy atom. The van der Waals surface area contributed by atoms with Crippen LogP contribution in [-0.4, -0.2) is 40.0 Å². The van der Waals surface area contributed by atoms with E-state index >= 15 is 0 Å². The molecule has 1 amide bonds. The van der Waals surface area contributed by atoms with E-state index in [0.717, 1.165) is 34.5 Å². The lowest BCUT2D eigenvalue weighted by molar-refractivity contribution is 0.0498. The minimum Gasteiger partial charge on any atom is -0.477 e. The smallest absolute Gasteiger partial charge is 0.274 e. The summed E-state index contributed by atoms with van der Waals surface area (Å²) in [7, 11) is 0. The predicted octanol–water partition coefficient (Wildman–Crippen LogP) is 4.97. The Hall–Kier alpha value is -2.80. The molecule has 0 aliphatic carbocycles. The number of benzene rings is 1. The van der Waals surface area contributed by atoms with E-state index in [-0.39, 0.29) is 17.9 Å². The summed E-state index contributed by atoms with van der Waals surface area (Å²) in [4.78, 5) is 24.8. The normalized spacial score (nSPS) is 19.0. The van der Waals surface area contributed by atoms with Gasteiger partial charge in [0.1, 0.15) is 11.5 Å². The summed E-state index contributed by atoms with van der Waals surface area (Å²) in [5, 5.41) is 0.879.